The van der Waals surface area contributed by atoms with E-state index in [0.29, 0.717) is 5.92 Å². The topological polar surface area (TPSA) is 21.3 Å². The fraction of sp³-hybridized carbons (Fsp3) is 0.571. The van der Waals surface area contributed by atoms with E-state index in [2.05, 4.69) is 51.2 Å². The zero-order chi connectivity index (χ0) is 12.1. The van der Waals surface area contributed by atoms with Crippen LogP contribution in [0.3, 0.4) is 0 Å². The number of likely N-dealkylation sites (N-methyl/N-ethyl adjacent to an activating group) is 1. The molecule has 1 aromatic carbocycles. The van der Waals surface area contributed by atoms with Crippen LogP contribution in [0.25, 0.3) is 0 Å². The summed E-state index contributed by atoms with van der Waals surface area (Å²) in [4.78, 5) is 0. The minimum Gasteiger partial charge on any atom is -0.489 e. The molecule has 0 radical (unpaired) electrons. The average molecular weight is 221 g/mol. The monoisotopic (exact) mass is 221 g/mol. The van der Waals surface area contributed by atoms with E-state index in [-0.39, 0.29) is 6.10 Å². The van der Waals surface area contributed by atoms with Gasteiger partial charge in [0.15, 0.2) is 0 Å². The molecule has 0 aromatic heterocycles. The van der Waals surface area contributed by atoms with E-state index in [1.165, 1.54) is 11.1 Å². The van der Waals surface area contributed by atoms with Crippen LogP contribution in [-0.4, -0.2) is 19.7 Å². The molecule has 2 nitrogen and oxygen atoms in total. The molecule has 0 aliphatic rings. The highest BCUT2D eigenvalue weighted by Crippen LogP contribution is 2.23. The van der Waals surface area contributed by atoms with Gasteiger partial charge in [0, 0.05) is 6.54 Å². The molecule has 0 spiro atoms. The van der Waals surface area contributed by atoms with E-state index in [9.17, 15) is 0 Å². The van der Waals surface area contributed by atoms with Crippen molar-refractivity contribution in [3.05, 3.63) is 29.3 Å². The molecule has 0 amide bonds. The first-order valence-corrected chi connectivity index (χ1v) is 5.96. The van der Waals surface area contributed by atoms with Crippen molar-refractivity contribution in [3.8, 4) is 5.75 Å². The van der Waals surface area contributed by atoms with Crippen molar-refractivity contribution in [1.29, 1.82) is 0 Å². The van der Waals surface area contributed by atoms with Crippen molar-refractivity contribution in [1.82, 2.24) is 5.32 Å². The number of hydrogen-bond donors (Lipinski definition) is 1. The van der Waals surface area contributed by atoms with Gasteiger partial charge in [-0.15, -0.1) is 0 Å². The van der Waals surface area contributed by atoms with Crippen molar-refractivity contribution in [2.75, 3.05) is 13.6 Å². The van der Waals surface area contributed by atoms with Gasteiger partial charge in [0.1, 0.15) is 11.9 Å². The van der Waals surface area contributed by atoms with Gasteiger partial charge in [0.2, 0.25) is 0 Å². The maximum absolute atomic E-state index is 5.81. The molecular weight excluding hydrogens is 198 g/mol. The lowest BCUT2D eigenvalue weighted by molar-refractivity contribution is 0.220. The number of ether oxygens (including phenoxy) is 1. The summed E-state index contributed by atoms with van der Waals surface area (Å²) in [5.74, 6) is 1.54. The Bertz CT molecular complexity index is 334. The molecule has 16 heavy (non-hydrogen) atoms. The predicted molar refractivity (Wildman–Crippen MR) is 69.3 cm³/mol. The van der Waals surface area contributed by atoms with Crippen molar-refractivity contribution in [3.63, 3.8) is 0 Å². The first kappa shape index (κ1) is 13.0. The Kier molecular flexibility index (Phi) is 4.81. The molecule has 1 rings (SSSR count). The quantitative estimate of drug-likeness (QED) is 0.825. The molecule has 1 N–H and O–H groups in total. The molecule has 0 fully saturated rings. The van der Waals surface area contributed by atoms with Gasteiger partial charge in [-0.25, -0.2) is 0 Å². The third-order valence-corrected chi connectivity index (χ3v) is 2.69. The Balaban J connectivity index is 2.73. The van der Waals surface area contributed by atoms with Gasteiger partial charge in [-0.05, 0) is 50.1 Å². The Hall–Kier alpha value is -1.02. The van der Waals surface area contributed by atoms with Gasteiger partial charge in [-0.1, -0.05) is 19.9 Å². The smallest absolute Gasteiger partial charge is 0.120 e. The highest BCUT2D eigenvalue weighted by atomic mass is 16.5. The molecule has 0 aliphatic carbocycles. The minimum atomic E-state index is 0.203. The molecule has 90 valence electrons. The van der Waals surface area contributed by atoms with E-state index < -0.39 is 0 Å². The second-order valence-corrected chi connectivity index (χ2v) is 4.66. The standard InChI is InChI=1S/C14H23NO/c1-10(2)14-7-6-13(8-11(14)3)16-12(4)9-15-5/h6-8,10,12,15H,9H2,1-5H3. The molecule has 0 bridgehead atoms. The van der Waals surface area contributed by atoms with Crippen LogP contribution in [-0.2, 0) is 0 Å². The van der Waals surface area contributed by atoms with E-state index in [0.717, 1.165) is 12.3 Å². The van der Waals surface area contributed by atoms with Gasteiger partial charge >= 0.3 is 0 Å². The third kappa shape index (κ3) is 3.53. The van der Waals surface area contributed by atoms with Crippen LogP contribution < -0.4 is 10.1 Å². The number of benzene rings is 1. The van der Waals surface area contributed by atoms with E-state index in [4.69, 9.17) is 4.74 Å². The number of aryl methyl sites for hydroxylation is 1. The van der Waals surface area contributed by atoms with Crippen molar-refractivity contribution >= 4 is 0 Å². The summed E-state index contributed by atoms with van der Waals surface area (Å²) in [5, 5.41) is 3.11. The molecule has 1 atom stereocenters. The SMILES string of the molecule is CNCC(C)Oc1ccc(C(C)C)c(C)c1. The first-order valence-electron chi connectivity index (χ1n) is 5.96. The lowest BCUT2D eigenvalue weighted by Crippen LogP contribution is -2.26. The summed E-state index contributed by atoms with van der Waals surface area (Å²) in [5.41, 5.74) is 2.71. The second-order valence-electron chi connectivity index (χ2n) is 4.66. The predicted octanol–water partition coefficient (Wildman–Crippen LogP) is 3.11. The second kappa shape index (κ2) is 5.90. The fourth-order valence-corrected chi connectivity index (χ4v) is 1.93. The van der Waals surface area contributed by atoms with Crippen LogP contribution in [0.5, 0.6) is 5.75 Å². The summed E-state index contributed by atoms with van der Waals surface area (Å²) in [7, 11) is 1.94. The van der Waals surface area contributed by atoms with Crippen LogP contribution in [0.2, 0.25) is 0 Å². The maximum atomic E-state index is 5.81. The van der Waals surface area contributed by atoms with Crippen LogP contribution in [0.4, 0.5) is 0 Å². The van der Waals surface area contributed by atoms with Crippen molar-refractivity contribution in [2.24, 2.45) is 0 Å². The first-order chi connectivity index (χ1) is 7.54. The van der Waals surface area contributed by atoms with Gasteiger partial charge in [0.25, 0.3) is 0 Å². The van der Waals surface area contributed by atoms with Gasteiger partial charge in [-0.2, -0.15) is 0 Å². The van der Waals surface area contributed by atoms with Crippen LogP contribution >= 0.6 is 0 Å². The highest BCUT2D eigenvalue weighted by Gasteiger charge is 2.06. The fourth-order valence-electron chi connectivity index (χ4n) is 1.93. The number of rotatable bonds is 5. The Morgan fingerprint density at radius 1 is 1.25 bits per heavy atom. The zero-order valence-electron chi connectivity index (χ0n) is 11.0. The largest absolute Gasteiger partial charge is 0.489 e. The van der Waals surface area contributed by atoms with Crippen LogP contribution in [0, 0.1) is 6.92 Å². The molecule has 1 unspecified atom stereocenters. The summed E-state index contributed by atoms with van der Waals surface area (Å²) in [6.45, 7) is 9.51. The van der Waals surface area contributed by atoms with Crippen molar-refractivity contribution in [2.45, 2.75) is 39.7 Å². The Morgan fingerprint density at radius 2 is 1.94 bits per heavy atom. The lowest BCUT2D eigenvalue weighted by atomic mass is 9.98. The summed E-state index contributed by atoms with van der Waals surface area (Å²) < 4.78 is 5.81. The van der Waals surface area contributed by atoms with Gasteiger partial charge in [0.05, 0.1) is 0 Å². The highest BCUT2D eigenvalue weighted by molar-refractivity contribution is 5.36. The third-order valence-electron chi connectivity index (χ3n) is 2.69. The Labute approximate surface area is 99.0 Å². The molecule has 0 aliphatic heterocycles. The average Bonchev–Trinajstić information content (AvgIpc) is 2.17. The van der Waals surface area contributed by atoms with Crippen LogP contribution in [0.1, 0.15) is 37.8 Å². The maximum Gasteiger partial charge on any atom is 0.120 e. The summed E-state index contributed by atoms with van der Waals surface area (Å²) >= 11 is 0. The van der Waals surface area contributed by atoms with Gasteiger partial charge in [-0.3, -0.25) is 0 Å². The van der Waals surface area contributed by atoms with Crippen LogP contribution in [0.15, 0.2) is 18.2 Å². The van der Waals surface area contributed by atoms with Crippen molar-refractivity contribution < 1.29 is 4.74 Å². The molecule has 1 aromatic rings. The molecule has 2 heteroatoms. The van der Waals surface area contributed by atoms with Gasteiger partial charge < -0.3 is 10.1 Å². The normalized spacial score (nSPS) is 12.9. The Morgan fingerprint density at radius 3 is 2.44 bits per heavy atom. The number of nitrogens with one attached hydrogen (secondary N) is 1. The molecule has 0 saturated heterocycles. The lowest BCUT2D eigenvalue weighted by Gasteiger charge is -2.16. The number of hydrogen-bond acceptors (Lipinski definition) is 2. The van der Waals surface area contributed by atoms with E-state index in [1.807, 2.05) is 7.05 Å². The van der Waals surface area contributed by atoms with E-state index >= 15 is 0 Å². The summed E-state index contributed by atoms with van der Waals surface area (Å²) in [6.07, 6.45) is 0.203. The zero-order valence-corrected chi connectivity index (χ0v) is 11.0. The molecule has 0 heterocycles. The molecular formula is C14H23NO. The minimum absolute atomic E-state index is 0.203. The van der Waals surface area contributed by atoms with E-state index in [1.54, 1.807) is 0 Å². The molecule has 0 saturated carbocycles. The summed E-state index contributed by atoms with van der Waals surface area (Å²) in [6, 6.07) is 6.36.